The number of benzene rings is 1. The minimum Gasteiger partial charge on any atom is -0.508 e. The highest BCUT2D eigenvalue weighted by atomic mass is 16.3. The van der Waals surface area contributed by atoms with E-state index in [-0.39, 0.29) is 0 Å². The molecule has 0 aliphatic rings. The van der Waals surface area contributed by atoms with Crippen molar-refractivity contribution in [1.29, 1.82) is 0 Å². The molecule has 0 unspecified atom stereocenters. The Morgan fingerprint density at radius 3 is 2.30 bits per heavy atom. The number of aromatic hydroxyl groups is 1. The lowest BCUT2D eigenvalue weighted by Crippen LogP contribution is -1.68. The van der Waals surface area contributed by atoms with Gasteiger partial charge >= 0.3 is 0 Å². The second-order valence-electron chi connectivity index (χ2n) is 2.09. The van der Waals surface area contributed by atoms with Crippen LogP contribution in [0.15, 0.2) is 30.3 Å². The van der Waals surface area contributed by atoms with E-state index in [0.29, 0.717) is 5.75 Å². The lowest BCUT2D eigenvalue weighted by atomic mass is 10.2. The highest BCUT2D eigenvalue weighted by molar-refractivity contribution is 5.49. The largest absolute Gasteiger partial charge is 0.508 e. The van der Waals surface area contributed by atoms with Crippen LogP contribution in [0, 0.1) is 0 Å². The van der Waals surface area contributed by atoms with Gasteiger partial charge in [0.1, 0.15) is 5.75 Å². The molecule has 0 fully saturated rings. The van der Waals surface area contributed by atoms with Crippen LogP contribution in [0.4, 0.5) is 0 Å². The van der Waals surface area contributed by atoms with Gasteiger partial charge in [0.2, 0.25) is 0 Å². The molecule has 0 aromatic heterocycles. The van der Waals surface area contributed by atoms with E-state index in [1.54, 1.807) is 12.1 Å². The third kappa shape index (κ3) is 1.62. The molecule has 10 heavy (non-hydrogen) atoms. The van der Waals surface area contributed by atoms with E-state index in [2.05, 4.69) is 0 Å². The van der Waals surface area contributed by atoms with Crippen LogP contribution in [0.1, 0.15) is 12.5 Å². The van der Waals surface area contributed by atoms with Crippen molar-refractivity contribution in [3.05, 3.63) is 35.9 Å². The molecule has 0 saturated heterocycles. The van der Waals surface area contributed by atoms with E-state index in [4.69, 9.17) is 5.11 Å². The minimum atomic E-state index is 0.313. The first-order valence-electron chi connectivity index (χ1n) is 3.24. The van der Waals surface area contributed by atoms with Gasteiger partial charge in [-0.15, -0.1) is 0 Å². The molecular weight excluding hydrogens is 124 g/mol. The molecule has 1 aromatic carbocycles. The standard InChI is InChI=1S/C9H10O/c1-2-3-8-4-6-9(10)7-5-8/h2-7,10H,1H3. The average molecular weight is 134 g/mol. The highest BCUT2D eigenvalue weighted by Gasteiger charge is 1.85. The van der Waals surface area contributed by atoms with E-state index in [1.807, 2.05) is 31.2 Å². The third-order valence-electron chi connectivity index (χ3n) is 1.25. The Hall–Kier alpha value is -1.24. The molecule has 0 amide bonds. The predicted molar refractivity (Wildman–Crippen MR) is 42.8 cm³/mol. The van der Waals surface area contributed by atoms with Crippen molar-refractivity contribution < 1.29 is 5.11 Å². The molecule has 52 valence electrons. The molecule has 0 radical (unpaired) electrons. The van der Waals surface area contributed by atoms with Gasteiger partial charge in [-0.25, -0.2) is 0 Å². The zero-order valence-electron chi connectivity index (χ0n) is 5.91. The summed E-state index contributed by atoms with van der Waals surface area (Å²) in [7, 11) is 0. The summed E-state index contributed by atoms with van der Waals surface area (Å²) in [5, 5.41) is 8.90. The number of allylic oxidation sites excluding steroid dienone is 1. The molecule has 1 aromatic rings. The Morgan fingerprint density at radius 1 is 1.20 bits per heavy atom. The quantitative estimate of drug-likeness (QED) is 0.625. The molecule has 0 bridgehead atoms. The fraction of sp³-hybridized carbons (Fsp3) is 0.111. The lowest BCUT2D eigenvalue weighted by molar-refractivity contribution is 0.475. The van der Waals surface area contributed by atoms with Gasteiger partial charge in [-0.1, -0.05) is 24.3 Å². The van der Waals surface area contributed by atoms with Crippen LogP contribution in [0.3, 0.4) is 0 Å². The van der Waals surface area contributed by atoms with Gasteiger partial charge in [0.25, 0.3) is 0 Å². The molecule has 0 aliphatic heterocycles. The Balaban J connectivity index is 2.89. The maximum absolute atomic E-state index is 8.90. The predicted octanol–water partition coefficient (Wildman–Crippen LogP) is 2.43. The van der Waals surface area contributed by atoms with E-state index >= 15 is 0 Å². The van der Waals surface area contributed by atoms with Gasteiger partial charge in [0.05, 0.1) is 0 Å². The molecule has 0 spiro atoms. The Morgan fingerprint density at radius 2 is 1.80 bits per heavy atom. The SMILES string of the molecule is CC=Cc1ccc(O)cc1. The number of hydrogen-bond acceptors (Lipinski definition) is 1. The fourth-order valence-corrected chi connectivity index (χ4v) is 0.778. The molecular formula is C9H10O. The van der Waals surface area contributed by atoms with Crippen molar-refractivity contribution >= 4 is 6.08 Å². The van der Waals surface area contributed by atoms with Gasteiger partial charge in [0, 0.05) is 0 Å². The first kappa shape index (κ1) is 6.87. The maximum Gasteiger partial charge on any atom is 0.115 e. The molecule has 0 aliphatic carbocycles. The van der Waals surface area contributed by atoms with Gasteiger partial charge in [-0.3, -0.25) is 0 Å². The highest BCUT2D eigenvalue weighted by Crippen LogP contribution is 2.10. The maximum atomic E-state index is 8.90. The molecule has 0 saturated carbocycles. The summed E-state index contributed by atoms with van der Waals surface area (Å²) in [5.74, 6) is 0.313. The average Bonchev–Trinajstić information content (AvgIpc) is 1.95. The normalized spacial score (nSPS) is 10.5. The number of rotatable bonds is 1. The fourth-order valence-electron chi connectivity index (χ4n) is 0.778. The Kier molecular flexibility index (Phi) is 2.11. The molecule has 1 rings (SSSR count). The monoisotopic (exact) mass is 134 g/mol. The topological polar surface area (TPSA) is 20.2 Å². The molecule has 1 N–H and O–H groups in total. The van der Waals surface area contributed by atoms with E-state index in [9.17, 15) is 0 Å². The van der Waals surface area contributed by atoms with Crippen LogP contribution in [0.2, 0.25) is 0 Å². The smallest absolute Gasteiger partial charge is 0.115 e. The molecule has 0 atom stereocenters. The summed E-state index contributed by atoms with van der Waals surface area (Å²) >= 11 is 0. The summed E-state index contributed by atoms with van der Waals surface area (Å²) in [4.78, 5) is 0. The van der Waals surface area contributed by atoms with Gasteiger partial charge in [-0.05, 0) is 24.6 Å². The summed E-state index contributed by atoms with van der Waals surface area (Å²) in [6, 6.07) is 7.09. The number of hydrogen-bond donors (Lipinski definition) is 1. The molecule has 1 heteroatoms. The van der Waals surface area contributed by atoms with Gasteiger partial charge in [0.15, 0.2) is 0 Å². The minimum absolute atomic E-state index is 0.313. The van der Waals surface area contributed by atoms with Crippen LogP contribution < -0.4 is 0 Å². The Labute approximate surface area is 60.6 Å². The van der Waals surface area contributed by atoms with E-state index in [0.717, 1.165) is 5.56 Å². The molecule has 1 nitrogen and oxygen atoms in total. The van der Waals surface area contributed by atoms with Crippen molar-refractivity contribution in [2.24, 2.45) is 0 Å². The lowest BCUT2D eigenvalue weighted by Gasteiger charge is -1.91. The number of phenolic OH excluding ortho intramolecular Hbond substituents is 1. The van der Waals surface area contributed by atoms with Crippen molar-refractivity contribution in [2.75, 3.05) is 0 Å². The van der Waals surface area contributed by atoms with Gasteiger partial charge in [-0.2, -0.15) is 0 Å². The second kappa shape index (κ2) is 3.06. The van der Waals surface area contributed by atoms with Crippen LogP contribution in [-0.2, 0) is 0 Å². The van der Waals surface area contributed by atoms with Crippen molar-refractivity contribution in [3.63, 3.8) is 0 Å². The third-order valence-corrected chi connectivity index (χ3v) is 1.25. The van der Waals surface area contributed by atoms with Crippen LogP contribution >= 0.6 is 0 Å². The second-order valence-corrected chi connectivity index (χ2v) is 2.09. The van der Waals surface area contributed by atoms with Crippen LogP contribution in [0.5, 0.6) is 5.75 Å². The first-order valence-corrected chi connectivity index (χ1v) is 3.24. The van der Waals surface area contributed by atoms with Crippen molar-refractivity contribution in [3.8, 4) is 5.75 Å². The van der Waals surface area contributed by atoms with E-state index < -0.39 is 0 Å². The number of phenols is 1. The summed E-state index contributed by atoms with van der Waals surface area (Å²) in [6.45, 7) is 1.97. The zero-order valence-corrected chi connectivity index (χ0v) is 5.91. The van der Waals surface area contributed by atoms with Crippen LogP contribution in [0.25, 0.3) is 6.08 Å². The Bertz CT molecular complexity index is 221. The van der Waals surface area contributed by atoms with Crippen molar-refractivity contribution in [2.45, 2.75) is 6.92 Å². The summed E-state index contributed by atoms with van der Waals surface area (Å²) in [5.41, 5.74) is 1.11. The summed E-state index contributed by atoms with van der Waals surface area (Å²) < 4.78 is 0. The zero-order chi connectivity index (χ0) is 7.40. The first-order chi connectivity index (χ1) is 4.83. The van der Waals surface area contributed by atoms with Gasteiger partial charge < -0.3 is 5.11 Å². The van der Waals surface area contributed by atoms with Crippen LogP contribution in [-0.4, -0.2) is 5.11 Å². The van der Waals surface area contributed by atoms with E-state index in [1.165, 1.54) is 0 Å². The summed E-state index contributed by atoms with van der Waals surface area (Å²) in [6.07, 6.45) is 3.95. The molecule has 0 heterocycles. The van der Waals surface area contributed by atoms with Crippen molar-refractivity contribution in [1.82, 2.24) is 0 Å².